The molecule has 4 rings (SSSR count). The smallest absolute Gasteiger partial charge is 0.262 e. The second-order valence-corrected chi connectivity index (χ2v) is 9.04. The van der Waals surface area contributed by atoms with Crippen molar-refractivity contribution in [2.24, 2.45) is 7.05 Å². The Labute approximate surface area is 174 Å². The van der Waals surface area contributed by atoms with Gasteiger partial charge in [-0.25, -0.2) is 23.4 Å². The zero-order chi connectivity index (χ0) is 21.3. The average molecular weight is 427 g/mol. The third kappa shape index (κ3) is 3.83. The summed E-state index contributed by atoms with van der Waals surface area (Å²) < 4.78 is 29.0. The van der Waals surface area contributed by atoms with E-state index in [-0.39, 0.29) is 10.9 Å². The zero-order valence-corrected chi connectivity index (χ0v) is 17.5. The Morgan fingerprint density at radius 3 is 2.63 bits per heavy atom. The van der Waals surface area contributed by atoms with Crippen LogP contribution in [-0.4, -0.2) is 44.7 Å². The predicted molar refractivity (Wildman–Crippen MR) is 110 cm³/mol. The number of nitrogens with zero attached hydrogens (tertiary/aromatic N) is 5. The number of para-hydroxylation sites is 1. The number of hydrogen-bond donors (Lipinski definition) is 1. The number of aromatic nitrogens is 4. The molecule has 1 N–H and O–H groups in total. The number of sulfonamides is 1. The summed E-state index contributed by atoms with van der Waals surface area (Å²) in [6, 6.07) is 8.63. The summed E-state index contributed by atoms with van der Waals surface area (Å²) in [5, 5.41) is 2.82. The van der Waals surface area contributed by atoms with Gasteiger partial charge in [0.25, 0.3) is 15.9 Å². The summed E-state index contributed by atoms with van der Waals surface area (Å²) in [6.07, 6.45) is 5.71. The van der Waals surface area contributed by atoms with E-state index in [4.69, 9.17) is 0 Å². The van der Waals surface area contributed by atoms with Gasteiger partial charge in [0.05, 0.1) is 23.6 Å². The number of nitrogens with one attached hydrogen (secondary N) is 1. The van der Waals surface area contributed by atoms with Crippen molar-refractivity contribution in [2.75, 3.05) is 11.9 Å². The van der Waals surface area contributed by atoms with Gasteiger partial charge in [0.15, 0.2) is 5.03 Å². The number of hydrogen-bond acceptors (Lipinski definition) is 6. The molecule has 1 amide bonds. The van der Waals surface area contributed by atoms with Gasteiger partial charge in [-0.2, -0.15) is 4.31 Å². The van der Waals surface area contributed by atoms with Crippen LogP contribution in [0, 0.1) is 6.92 Å². The largest absolute Gasteiger partial charge is 0.339 e. The predicted octanol–water partition coefficient (Wildman–Crippen LogP) is 2.30. The third-order valence-corrected chi connectivity index (χ3v) is 6.82. The molecule has 1 aliphatic rings. The minimum absolute atomic E-state index is 0.00693. The molecule has 3 heterocycles. The summed E-state index contributed by atoms with van der Waals surface area (Å²) in [5.41, 5.74) is 1.52. The minimum atomic E-state index is -3.75. The van der Waals surface area contributed by atoms with Gasteiger partial charge in [-0.15, -0.1) is 0 Å². The lowest BCUT2D eigenvalue weighted by atomic mass is 10.2. The number of carbonyl (C=O) groups excluding carboxylic acids is 1. The van der Waals surface area contributed by atoms with Crippen LogP contribution in [0.1, 0.15) is 40.8 Å². The molecule has 30 heavy (non-hydrogen) atoms. The third-order valence-electron chi connectivity index (χ3n) is 5.03. The van der Waals surface area contributed by atoms with E-state index in [1.807, 2.05) is 18.2 Å². The van der Waals surface area contributed by atoms with Gasteiger partial charge in [0, 0.05) is 31.7 Å². The highest BCUT2D eigenvalue weighted by Crippen LogP contribution is 2.34. The molecular weight excluding hydrogens is 404 g/mol. The molecule has 156 valence electrons. The first-order valence-electron chi connectivity index (χ1n) is 9.56. The van der Waals surface area contributed by atoms with Gasteiger partial charge in [-0.1, -0.05) is 18.2 Å². The molecule has 0 spiro atoms. The van der Waals surface area contributed by atoms with Gasteiger partial charge < -0.3 is 9.88 Å². The molecule has 3 aromatic rings. The molecule has 1 saturated heterocycles. The highest BCUT2D eigenvalue weighted by molar-refractivity contribution is 7.89. The van der Waals surface area contributed by atoms with Crippen LogP contribution in [0.2, 0.25) is 0 Å². The maximum Gasteiger partial charge on any atom is 0.262 e. The average Bonchev–Trinajstić information content (AvgIpc) is 3.38. The SMILES string of the molecule is Cc1nc(C2CCCN2S(=O)(=O)c2cn(C)cn2)ncc1C(=O)Nc1ccccc1. The van der Waals surface area contributed by atoms with Crippen LogP contribution in [0.3, 0.4) is 0 Å². The lowest BCUT2D eigenvalue weighted by molar-refractivity contribution is 0.102. The van der Waals surface area contributed by atoms with E-state index in [9.17, 15) is 13.2 Å². The summed E-state index contributed by atoms with van der Waals surface area (Å²) >= 11 is 0. The van der Waals surface area contributed by atoms with E-state index in [0.717, 1.165) is 0 Å². The van der Waals surface area contributed by atoms with Gasteiger partial charge in [-0.05, 0) is 31.9 Å². The van der Waals surface area contributed by atoms with Crippen molar-refractivity contribution >= 4 is 21.6 Å². The van der Waals surface area contributed by atoms with Crippen molar-refractivity contribution in [3.63, 3.8) is 0 Å². The van der Waals surface area contributed by atoms with Gasteiger partial charge in [0.2, 0.25) is 0 Å². The first-order chi connectivity index (χ1) is 14.4. The monoisotopic (exact) mass is 426 g/mol. The first-order valence-corrected chi connectivity index (χ1v) is 11.0. The Morgan fingerprint density at radius 2 is 1.97 bits per heavy atom. The van der Waals surface area contributed by atoms with Crippen molar-refractivity contribution in [2.45, 2.75) is 30.8 Å². The van der Waals surface area contributed by atoms with Gasteiger partial charge in [0.1, 0.15) is 5.82 Å². The fraction of sp³-hybridized carbons (Fsp3) is 0.300. The van der Waals surface area contributed by atoms with Crippen LogP contribution >= 0.6 is 0 Å². The molecule has 0 radical (unpaired) electrons. The molecule has 1 atom stereocenters. The second-order valence-electron chi connectivity index (χ2n) is 7.20. The van der Waals surface area contributed by atoms with E-state index in [2.05, 4.69) is 20.3 Å². The molecule has 2 aromatic heterocycles. The Kier molecular flexibility index (Phi) is 5.35. The quantitative estimate of drug-likeness (QED) is 0.670. The Bertz CT molecular complexity index is 1180. The van der Waals surface area contributed by atoms with Crippen molar-refractivity contribution < 1.29 is 13.2 Å². The van der Waals surface area contributed by atoms with Crippen molar-refractivity contribution in [3.05, 3.63) is 66.1 Å². The molecule has 0 bridgehead atoms. The topological polar surface area (TPSA) is 110 Å². The fourth-order valence-electron chi connectivity index (χ4n) is 3.52. The molecule has 1 fully saturated rings. The fourth-order valence-corrected chi connectivity index (χ4v) is 5.14. The van der Waals surface area contributed by atoms with E-state index in [1.165, 1.54) is 23.0 Å². The molecule has 1 aromatic carbocycles. The number of aryl methyl sites for hydroxylation is 2. The van der Waals surface area contributed by atoms with Crippen LogP contribution in [-0.2, 0) is 17.1 Å². The van der Waals surface area contributed by atoms with Crippen LogP contribution in [0.4, 0.5) is 5.69 Å². The summed E-state index contributed by atoms with van der Waals surface area (Å²) in [4.78, 5) is 25.4. The molecule has 1 unspecified atom stereocenters. The van der Waals surface area contributed by atoms with Gasteiger partial charge >= 0.3 is 0 Å². The Morgan fingerprint density at radius 1 is 1.20 bits per heavy atom. The van der Waals surface area contributed by atoms with Crippen LogP contribution < -0.4 is 5.32 Å². The maximum atomic E-state index is 13.0. The lowest BCUT2D eigenvalue weighted by Crippen LogP contribution is -2.32. The Hall–Kier alpha value is -3.11. The number of amides is 1. The molecule has 0 aliphatic carbocycles. The maximum absolute atomic E-state index is 13.0. The molecule has 0 saturated carbocycles. The minimum Gasteiger partial charge on any atom is -0.339 e. The summed E-state index contributed by atoms with van der Waals surface area (Å²) in [5.74, 6) is 0.0791. The van der Waals surface area contributed by atoms with E-state index >= 15 is 0 Å². The van der Waals surface area contributed by atoms with Crippen LogP contribution in [0.25, 0.3) is 0 Å². The number of carbonyl (C=O) groups is 1. The normalized spacial score (nSPS) is 17.2. The summed E-state index contributed by atoms with van der Waals surface area (Å²) in [6.45, 7) is 2.10. The van der Waals surface area contributed by atoms with Crippen molar-refractivity contribution in [3.8, 4) is 0 Å². The highest BCUT2D eigenvalue weighted by atomic mass is 32.2. The van der Waals surface area contributed by atoms with Gasteiger partial charge in [-0.3, -0.25) is 4.79 Å². The standard InChI is InChI=1S/C20H22N6O3S/c1-14-16(20(27)24-15-7-4-3-5-8-15)11-21-19(23-14)17-9-6-10-26(17)30(28,29)18-12-25(2)13-22-18/h3-5,7-8,11-13,17H,6,9-10H2,1-2H3,(H,24,27). The zero-order valence-electron chi connectivity index (χ0n) is 16.7. The van der Waals surface area contributed by atoms with Crippen LogP contribution in [0.15, 0.2) is 54.1 Å². The molecule has 1 aliphatic heterocycles. The second kappa shape index (κ2) is 7.96. The summed E-state index contributed by atoms with van der Waals surface area (Å²) in [7, 11) is -2.03. The number of anilines is 1. The lowest BCUT2D eigenvalue weighted by Gasteiger charge is -2.22. The number of imidazole rings is 1. The van der Waals surface area contributed by atoms with E-state index in [0.29, 0.717) is 42.2 Å². The van der Waals surface area contributed by atoms with E-state index in [1.54, 1.807) is 30.7 Å². The number of rotatable bonds is 5. The first kappa shape index (κ1) is 20.2. The number of benzene rings is 1. The molecule has 9 nitrogen and oxygen atoms in total. The molecule has 10 heteroatoms. The van der Waals surface area contributed by atoms with Crippen LogP contribution in [0.5, 0.6) is 0 Å². The van der Waals surface area contributed by atoms with Crippen molar-refractivity contribution in [1.29, 1.82) is 0 Å². The Balaban J connectivity index is 1.58. The van der Waals surface area contributed by atoms with Crippen molar-refractivity contribution in [1.82, 2.24) is 23.8 Å². The molecular formula is C20H22N6O3S. The highest BCUT2D eigenvalue weighted by Gasteiger charge is 2.39. The van der Waals surface area contributed by atoms with E-state index < -0.39 is 16.1 Å².